The Bertz CT molecular complexity index is 357. The molecule has 0 aromatic heterocycles. The highest BCUT2D eigenvalue weighted by Gasteiger charge is 2.33. The molecule has 2 atom stereocenters. The molecule has 0 radical (unpaired) electrons. The Morgan fingerprint density at radius 3 is 2.59 bits per heavy atom. The summed E-state index contributed by atoms with van der Waals surface area (Å²) < 4.78 is -1.91. The number of carbonyl (C=O) groups excluding carboxylic acids is 1. The summed E-state index contributed by atoms with van der Waals surface area (Å²) in [7, 11) is 0. The van der Waals surface area contributed by atoms with E-state index in [1.165, 1.54) is 0 Å². The van der Waals surface area contributed by atoms with Crippen molar-refractivity contribution in [2.24, 2.45) is 5.92 Å². The van der Waals surface area contributed by atoms with Crippen LogP contribution in [0.1, 0.15) is 26.7 Å². The van der Waals surface area contributed by atoms with Gasteiger partial charge in [-0.1, -0.05) is 58.6 Å². The van der Waals surface area contributed by atoms with Gasteiger partial charge in [-0.15, -0.1) is 0 Å². The van der Waals surface area contributed by atoms with Gasteiger partial charge in [0.25, 0.3) is 9.70 Å². The van der Waals surface area contributed by atoms with E-state index in [0.717, 1.165) is 24.0 Å². The van der Waals surface area contributed by atoms with Crippen LogP contribution in [0.5, 0.6) is 0 Å². The van der Waals surface area contributed by atoms with E-state index >= 15 is 0 Å². The van der Waals surface area contributed by atoms with Crippen LogP contribution in [0, 0.1) is 5.92 Å². The van der Waals surface area contributed by atoms with E-state index in [4.69, 9.17) is 34.8 Å². The van der Waals surface area contributed by atoms with Gasteiger partial charge in [-0.3, -0.25) is 4.79 Å². The first-order valence-corrected chi connectivity index (χ1v) is 6.55. The molecule has 5 heteroatoms. The number of rotatable bonds is 2. The molecule has 1 rings (SSSR count). The molecule has 2 nitrogen and oxygen atoms in total. The number of alkyl halides is 3. The predicted molar refractivity (Wildman–Crippen MR) is 73.5 cm³/mol. The molecule has 0 saturated heterocycles. The van der Waals surface area contributed by atoms with Gasteiger partial charge >= 0.3 is 0 Å². The minimum atomic E-state index is -1.91. The third-order valence-electron chi connectivity index (χ3n) is 3.05. The highest BCUT2D eigenvalue weighted by atomic mass is 35.6. The topological polar surface area (TPSA) is 29.1 Å². The standard InChI is InChI=1S/C12H16Cl3NO/c1-7(2)9-5-4-8(3)10(6-9)16-11(17)12(13,14)15/h4,9-10H,1,5-6H2,2-3H3,(H,16,17)/t9-,10-/m0/s1. The van der Waals surface area contributed by atoms with Crippen LogP contribution in [0.25, 0.3) is 0 Å². The molecule has 0 fully saturated rings. The minimum absolute atomic E-state index is 0.0754. The van der Waals surface area contributed by atoms with Crippen molar-refractivity contribution in [3.63, 3.8) is 0 Å². The van der Waals surface area contributed by atoms with Crippen molar-refractivity contribution in [3.05, 3.63) is 23.8 Å². The Hall–Kier alpha value is -0.180. The SMILES string of the molecule is C=C(C)[C@H]1CC=C(C)[C@@H](NC(=O)C(Cl)(Cl)Cl)C1. The number of hydrogen-bond acceptors (Lipinski definition) is 1. The molecule has 0 heterocycles. The summed E-state index contributed by atoms with van der Waals surface area (Å²) in [4.78, 5) is 11.6. The zero-order chi connectivity index (χ0) is 13.2. The highest BCUT2D eigenvalue weighted by Crippen LogP contribution is 2.31. The van der Waals surface area contributed by atoms with E-state index in [1.54, 1.807) is 0 Å². The third kappa shape index (κ3) is 4.20. The van der Waals surface area contributed by atoms with Crippen LogP contribution in [-0.2, 0) is 4.79 Å². The summed E-state index contributed by atoms with van der Waals surface area (Å²) in [5, 5.41) is 2.75. The fourth-order valence-electron chi connectivity index (χ4n) is 1.85. The Morgan fingerprint density at radius 1 is 1.53 bits per heavy atom. The van der Waals surface area contributed by atoms with Crippen LogP contribution in [0.2, 0.25) is 0 Å². The van der Waals surface area contributed by atoms with E-state index in [2.05, 4.69) is 18.0 Å². The van der Waals surface area contributed by atoms with Gasteiger partial charge < -0.3 is 5.32 Å². The molecule has 1 amide bonds. The first-order valence-electron chi connectivity index (χ1n) is 5.41. The molecule has 17 heavy (non-hydrogen) atoms. The second-order valence-corrected chi connectivity index (χ2v) is 6.77. The summed E-state index contributed by atoms with van der Waals surface area (Å²) in [6.07, 6.45) is 3.87. The van der Waals surface area contributed by atoms with Crippen molar-refractivity contribution in [1.82, 2.24) is 5.32 Å². The number of allylic oxidation sites excluding steroid dienone is 2. The molecule has 0 aliphatic heterocycles. The Labute approximate surface area is 117 Å². The van der Waals surface area contributed by atoms with Crippen LogP contribution in [-0.4, -0.2) is 15.7 Å². The van der Waals surface area contributed by atoms with E-state index < -0.39 is 9.70 Å². The van der Waals surface area contributed by atoms with Gasteiger partial charge in [0, 0.05) is 0 Å². The summed E-state index contributed by atoms with van der Waals surface area (Å²) >= 11 is 16.6. The Morgan fingerprint density at radius 2 is 2.12 bits per heavy atom. The monoisotopic (exact) mass is 295 g/mol. The van der Waals surface area contributed by atoms with E-state index in [-0.39, 0.29) is 6.04 Å². The van der Waals surface area contributed by atoms with Gasteiger partial charge in [-0.25, -0.2) is 0 Å². The lowest BCUT2D eigenvalue weighted by molar-refractivity contribution is -0.120. The molecule has 96 valence electrons. The third-order valence-corrected chi connectivity index (χ3v) is 3.57. The molecule has 1 aliphatic rings. The Kier molecular flexibility index (Phi) is 4.94. The number of nitrogens with one attached hydrogen (secondary N) is 1. The molecule has 0 aromatic carbocycles. The summed E-state index contributed by atoms with van der Waals surface area (Å²) in [5.74, 6) is -0.206. The second-order valence-electron chi connectivity index (χ2n) is 4.49. The van der Waals surface area contributed by atoms with E-state index in [9.17, 15) is 4.79 Å². The normalized spacial score (nSPS) is 25.1. The van der Waals surface area contributed by atoms with Crippen molar-refractivity contribution in [2.45, 2.75) is 36.5 Å². The average molecular weight is 297 g/mol. The van der Waals surface area contributed by atoms with Crippen molar-refractivity contribution < 1.29 is 4.79 Å². The second kappa shape index (κ2) is 5.64. The fraction of sp³-hybridized carbons (Fsp3) is 0.583. The van der Waals surface area contributed by atoms with E-state index in [0.29, 0.717) is 5.92 Å². The molecule has 0 aromatic rings. The van der Waals surface area contributed by atoms with Crippen LogP contribution >= 0.6 is 34.8 Å². The van der Waals surface area contributed by atoms with Gasteiger partial charge in [0.05, 0.1) is 6.04 Å². The zero-order valence-electron chi connectivity index (χ0n) is 9.90. The number of hydrogen-bond donors (Lipinski definition) is 1. The van der Waals surface area contributed by atoms with E-state index in [1.807, 2.05) is 13.8 Å². The molecule has 1 N–H and O–H groups in total. The van der Waals surface area contributed by atoms with Gasteiger partial charge in [-0.2, -0.15) is 0 Å². The van der Waals surface area contributed by atoms with Crippen molar-refractivity contribution in [3.8, 4) is 0 Å². The molecule has 0 bridgehead atoms. The average Bonchev–Trinajstić information content (AvgIpc) is 2.19. The van der Waals surface area contributed by atoms with Crippen LogP contribution in [0.3, 0.4) is 0 Å². The van der Waals surface area contributed by atoms with Crippen molar-refractivity contribution in [1.29, 1.82) is 0 Å². The first kappa shape index (κ1) is 14.9. The fourth-order valence-corrected chi connectivity index (χ4v) is 2.02. The summed E-state index contributed by atoms with van der Waals surface area (Å²) in [5.41, 5.74) is 2.21. The van der Waals surface area contributed by atoms with Crippen molar-refractivity contribution in [2.75, 3.05) is 0 Å². The molecule has 0 saturated carbocycles. The van der Waals surface area contributed by atoms with Crippen LogP contribution in [0.4, 0.5) is 0 Å². The quantitative estimate of drug-likeness (QED) is 0.610. The number of halogens is 3. The van der Waals surface area contributed by atoms with Gasteiger partial charge in [0.1, 0.15) is 0 Å². The largest absolute Gasteiger partial charge is 0.346 e. The zero-order valence-corrected chi connectivity index (χ0v) is 12.2. The smallest absolute Gasteiger partial charge is 0.272 e. The molecular formula is C12H16Cl3NO. The maximum atomic E-state index is 11.6. The predicted octanol–water partition coefficient (Wildman–Crippen LogP) is 3.77. The lowest BCUT2D eigenvalue weighted by Gasteiger charge is -2.30. The van der Waals surface area contributed by atoms with Crippen LogP contribution < -0.4 is 5.32 Å². The maximum Gasteiger partial charge on any atom is 0.272 e. The van der Waals surface area contributed by atoms with Crippen LogP contribution in [0.15, 0.2) is 23.8 Å². The Balaban J connectivity index is 2.71. The van der Waals surface area contributed by atoms with Gasteiger partial charge in [-0.05, 0) is 32.6 Å². The first-order chi connectivity index (χ1) is 7.71. The maximum absolute atomic E-state index is 11.6. The minimum Gasteiger partial charge on any atom is -0.346 e. The lowest BCUT2D eigenvalue weighted by atomic mass is 9.83. The van der Waals surface area contributed by atoms with Gasteiger partial charge in [0.2, 0.25) is 0 Å². The molecule has 1 aliphatic carbocycles. The summed E-state index contributed by atoms with van der Waals surface area (Å²) in [6.45, 7) is 7.91. The van der Waals surface area contributed by atoms with Crippen molar-refractivity contribution >= 4 is 40.7 Å². The van der Waals surface area contributed by atoms with Gasteiger partial charge in [0.15, 0.2) is 0 Å². The molecule has 0 spiro atoms. The summed E-state index contributed by atoms with van der Waals surface area (Å²) in [6, 6.07) is -0.0754. The molecule has 0 unspecified atom stereocenters. The number of carbonyl (C=O) groups is 1. The highest BCUT2D eigenvalue weighted by molar-refractivity contribution is 6.76. The lowest BCUT2D eigenvalue weighted by Crippen LogP contribution is -2.44. The number of amides is 1. The molecular weight excluding hydrogens is 280 g/mol.